The molecular weight excluding hydrogens is 182 g/mol. The molecule has 6 heteroatoms. The van der Waals surface area contributed by atoms with Crippen molar-refractivity contribution in [3.8, 4) is 0 Å². The molecule has 0 radical (unpaired) electrons. The Labute approximate surface area is 70.5 Å². The summed E-state index contributed by atoms with van der Waals surface area (Å²) < 4.78 is 19.2. The Morgan fingerprint density at radius 2 is 2.00 bits per heavy atom. The van der Waals surface area contributed by atoms with Gasteiger partial charge < -0.3 is 4.55 Å². The summed E-state index contributed by atoms with van der Waals surface area (Å²) >= 11 is -2.30. The summed E-state index contributed by atoms with van der Waals surface area (Å²) in [7, 11) is 0. The van der Waals surface area contributed by atoms with E-state index in [1.165, 1.54) is 24.3 Å². The minimum atomic E-state index is -2.30. The van der Waals surface area contributed by atoms with E-state index < -0.39 is 16.0 Å². The first-order valence-electron chi connectivity index (χ1n) is 2.97. The van der Waals surface area contributed by atoms with Crippen molar-refractivity contribution in [1.82, 2.24) is 0 Å². The van der Waals surface area contributed by atoms with Crippen LogP contribution in [0.25, 0.3) is 0 Å². The van der Waals surface area contributed by atoms with Crippen molar-refractivity contribution in [2.45, 2.75) is 4.90 Å². The maximum absolute atomic E-state index is 10.5. The number of para-hydroxylation sites is 1. The van der Waals surface area contributed by atoms with Crippen LogP contribution in [0, 0.1) is 10.1 Å². The summed E-state index contributed by atoms with van der Waals surface area (Å²) in [6.45, 7) is 0. The van der Waals surface area contributed by atoms with Crippen LogP contribution in [0.3, 0.4) is 0 Å². The number of rotatable bonds is 2. The first-order valence-corrected chi connectivity index (χ1v) is 4.08. The van der Waals surface area contributed by atoms with Crippen molar-refractivity contribution in [2.75, 3.05) is 0 Å². The summed E-state index contributed by atoms with van der Waals surface area (Å²) in [4.78, 5) is 9.42. The molecule has 0 saturated heterocycles. The van der Waals surface area contributed by atoms with Crippen LogP contribution in [-0.2, 0) is 11.1 Å². The quantitative estimate of drug-likeness (QED) is 0.428. The largest absolute Gasteiger partial charge is 0.302 e. The predicted molar refractivity (Wildman–Crippen MR) is 42.1 cm³/mol. The molecule has 0 fully saturated rings. The monoisotopic (exact) mass is 187 g/mol. The molecule has 64 valence electrons. The van der Waals surface area contributed by atoms with E-state index in [4.69, 9.17) is 4.55 Å². The standard InChI is InChI=1S/C6H5NO4S/c8-7(9)5-3-1-2-4-6(5)12(10)11/h1-4H,(H,10,11). The van der Waals surface area contributed by atoms with E-state index in [1.807, 2.05) is 0 Å². The second kappa shape index (κ2) is 3.42. The van der Waals surface area contributed by atoms with Crippen molar-refractivity contribution in [3.63, 3.8) is 0 Å². The molecule has 1 rings (SSSR count). The first kappa shape index (κ1) is 8.82. The molecule has 0 aliphatic carbocycles. The molecule has 1 unspecified atom stereocenters. The average molecular weight is 187 g/mol. The van der Waals surface area contributed by atoms with Crippen molar-refractivity contribution in [1.29, 1.82) is 0 Å². The molecule has 0 bridgehead atoms. The van der Waals surface area contributed by atoms with Gasteiger partial charge >= 0.3 is 0 Å². The van der Waals surface area contributed by atoms with Crippen molar-refractivity contribution >= 4 is 16.8 Å². The number of nitro benzene ring substituents is 1. The molecule has 1 N–H and O–H groups in total. The molecular formula is C6H5NO4S. The number of nitro groups is 1. The van der Waals surface area contributed by atoms with Crippen LogP contribution in [-0.4, -0.2) is 13.7 Å². The van der Waals surface area contributed by atoms with Crippen LogP contribution >= 0.6 is 0 Å². The number of benzene rings is 1. The molecule has 0 amide bonds. The fourth-order valence-electron chi connectivity index (χ4n) is 0.756. The van der Waals surface area contributed by atoms with Gasteiger partial charge in [0.2, 0.25) is 0 Å². The second-order valence-electron chi connectivity index (χ2n) is 1.97. The summed E-state index contributed by atoms with van der Waals surface area (Å²) in [5.74, 6) is 0. The Balaban J connectivity index is 3.27. The van der Waals surface area contributed by atoms with E-state index in [1.54, 1.807) is 0 Å². The highest BCUT2D eigenvalue weighted by molar-refractivity contribution is 7.79. The summed E-state index contributed by atoms with van der Waals surface area (Å²) in [5, 5.41) is 10.3. The topological polar surface area (TPSA) is 80.4 Å². The zero-order valence-electron chi connectivity index (χ0n) is 5.84. The normalized spacial score (nSPS) is 12.4. The van der Waals surface area contributed by atoms with Crippen LogP contribution in [0.15, 0.2) is 29.2 Å². The number of hydrogen-bond acceptors (Lipinski definition) is 3. The molecule has 5 nitrogen and oxygen atoms in total. The second-order valence-corrected chi connectivity index (χ2v) is 2.91. The van der Waals surface area contributed by atoms with Crippen molar-refractivity contribution in [2.24, 2.45) is 0 Å². The Hall–Kier alpha value is -1.27. The van der Waals surface area contributed by atoms with Crippen LogP contribution in [0.4, 0.5) is 5.69 Å². The Morgan fingerprint density at radius 3 is 2.42 bits per heavy atom. The molecule has 0 spiro atoms. The van der Waals surface area contributed by atoms with E-state index in [-0.39, 0.29) is 10.6 Å². The number of hydrogen-bond donors (Lipinski definition) is 1. The van der Waals surface area contributed by atoms with Gasteiger partial charge in [-0.25, -0.2) is 4.21 Å². The molecule has 1 atom stereocenters. The van der Waals surface area contributed by atoms with Gasteiger partial charge in [-0.2, -0.15) is 0 Å². The van der Waals surface area contributed by atoms with Gasteiger partial charge in [-0.05, 0) is 6.07 Å². The van der Waals surface area contributed by atoms with Gasteiger partial charge in [0, 0.05) is 6.07 Å². The zero-order valence-corrected chi connectivity index (χ0v) is 6.65. The fraction of sp³-hybridized carbons (Fsp3) is 0. The van der Waals surface area contributed by atoms with Gasteiger partial charge in [-0.15, -0.1) is 0 Å². The molecule has 0 aromatic heterocycles. The van der Waals surface area contributed by atoms with Gasteiger partial charge in [0.1, 0.15) is 4.90 Å². The van der Waals surface area contributed by atoms with Gasteiger partial charge in [0.05, 0.1) is 4.92 Å². The van der Waals surface area contributed by atoms with Gasteiger partial charge in [0.25, 0.3) is 5.69 Å². The van der Waals surface area contributed by atoms with Crippen molar-refractivity contribution < 1.29 is 13.7 Å². The highest BCUT2D eigenvalue weighted by atomic mass is 32.2. The van der Waals surface area contributed by atoms with Crippen LogP contribution in [0.1, 0.15) is 0 Å². The zero-order chi connectivity index (χ0) is 9.14. The summed E-state index contributed by atoms with van der Waals surface area (Å²) in [6, 6.07) is 5.34. The van der Waals surface area contributed by atoms with Crippen LogP contribution in [0.2, 0.25) is 0 Å². The maximum Gasteiger partial charge on any atom is 0.287 e. The molecule has 0 heterocycles. The third-order valence-corrected chi connectivity index (χ3v) is 1.97. The predicted octanol–water partition coefficient (Wildman–Crippen LogP) is 1.18. The van der Waals surface area contributed by atoms with E-state index >= 15 is 0 Å². The van der Waals surface area contributed by atoms with E-state index in [0.29, 0.717) is 0 Å². The van der Waals surface area contributed by atoms with Gasteiger partial charge in [-0.3, -0.25) is 10.1 Å². The van der Waals surface area contributed by atoms with Crippen molar-refractivity contribution in [3.05, 3.63) is 34.4 Å². The minimum Gasteiger partial charge on any atom is -0.302 e. The van der Waals surface area contributed by atoms with Gasteiger partial charge in [-0.1, -0.05) is 12.1 Å². The van der Waals surface area contributed by atoms with Crippen LogP contribution < -0.4 is 0 Å². The highest BCUT2D eigenvalue weighted by Gasteiger charge is 2.15. The highest BCUT2D eigenvalue weighted by Crippen LogP contribution is 2.19. The Morgan fingerprint density at radius 1 is 1.42 bits per heavy atom. The number of nitrogens with zero attached hydrogens (tertiary/aromatic N) is 1. The fourth-order valence-corrected chi connectivity index (χ4v) is 1.27. The molecule has 0 aliphatic rings. The average Bonchev–Trinajstić information content (AvgIpc) is 2.04. The molecule has 1 aromatic carbocycles. The minimum absolute atomic E-state index is 0.178. The summed E-state index contributed by atoms with van der Waals surface area (Å²) in [6.07, 6.45) is 0. The molecule has 12 heavy (non-hydrogen) atoms. The lowest BCUT2D eigenvalue weighted by atomic mass is 10.3. The van der Waals surface area contributed by atoms with Gasteiger partial charge in [0.15, 0.2) is 11.1 Å². The smallest absolute Gasteiger partial charge is 0.287 e. The molecule has 0 saturated carbocycles. The van der Waals surface area contributed by atoms with Crippen LogP contribution in [0.5, 0.6) is 0 Å². The Kier molecular flexibility index (Phi) is 2.51. The lowest BCUT2D eigenvalue weighted by Gasteiger charge is -1.95. The summed E-state index contributed by atoms with van der Waals surface area (Å²) in [5.41, 5.74) is -0.335. The Bertz CT molecular complexity index is 305. The third kappa shape index (κ3) is 1.66. The third-order valence-electron chi connectivity index (χ3n) is 1.25. The van der Waals surface area contributed by atoms with E-state index in [9.17, 15) is 14.3 Å². The lowest BCUT2D eigenvalue weighted by Crippen LogP contribution is -1.96. The molecule has 1 aromatic rings. The lowest BCUT2D eigenvalue weighted by molar-refractivity contribution is -0.387. The molecule has 0 aliphatic heterocycles. The van der Waals surface area contributed by atoms with E-state index in [2.05, 4.69) is 0 Å². The SMILES string of the molecule is O=[N+]([O-])c1ccccc1S(=O)O. The maximum atomic E-state index is 10.5. The van der Waals surface area contributed by atoms with E-state index in [0.717, 1.165) is 0 Å². The first-order chi connectivity index (χ1) is 5.63.